The molecule has 0 radical (unpaired) electrons. The second kappa shape index (κ2) is 14.1. The third-order valence-electron chi connectivity index (χ3n) is 7.75. The summed E-state index contributed by atoms with van der Waals surface area (Å²) >= 11 is 0. The predicted octanol–water partition coefficient (Wildman–Crippen LogP) is 0.677. The summed E-state index contributed by atoms with van der Waals surface area (Å²) in [5, 5.41) is 72.8. The maximum atomic E-state index is 10.8. The van der Waals surface area contributed by atoms with Crippen molar-refractivity contribution in [3.8, 4) is 28.7 Å². The Labute approximate surface area is 249 Å². The first-order chi connectivity index (χ1) is 20.4. The van der Waals surface area contributed by atoms with E-state index < -0.39 is 61.2 Å². The van der Waals surface area contributed by atoms with Gasteiger partial charge in [-0.2, -0.15) is 0 Å². The van der Waals surface area contributed by atoms with Gasteiger partial charge in [0.1, 0.15) is 47.8 Å². The zero-order valence-electron chi connectivity index (χ0n) is 24.3. The first-order valence-corrected chi connectivity index (χ1v) is 13.9. The average molecular weight is 609 g/mol. The molecule has 13 nitrogen and oxygen atoms in total. The molecule has 2 aliphatic heterocycles. The molecule has 0 saturated carbocycles. The van der Waals surface area contributed by atoms with E-state index in [4.69, 9.17) is 28.4 Å². The van der Waals surface area contributed by atoms with Crippen LogP contribution in [0.4, 0.5) is 0 Å². The Bertz CT molecular complexity index is 1250. The molecular formula is C30H40O13. The summed E-state index contributed by atoms with van der Waals surface area (Å²) in [7, 11) is 2.87. The van der Waals surface area contributed by atoms with Crippen molar-refractivity contribution in [2.45, 2.75) is 75.6 Å². The number of ether oxygens (including phenoxy) is 6. The number of allylic oxidation sites excluding steroid dienone is 1. The highest BCUT2D eigenvalue weighted by atomic mass is 16.7. The zero-order valence-corrected chi connectivity index (χ0v) is 24.3. The van der Waals surface area contributed by atoms with E-state index >= 15 is 0 Å². The molecule has 2 fully saturated rings. The number of benzene rings is 2. The number of hydrogen-bond donors (Lipinski definition) is 7. The molecule has 13 heteroatoms. The SMILES string of the molecule is COc1ccc(/C=C/Cc2c(O)cc(O[C@@H]3O[C@H](CO[C@@H]4O[C@@H](C)[C@H](O)[C@@H](C)[C@H]4O)[C@@H](O)[C@H](O)[C@H]3O)cc2OC)cc1O. The van der Waals surface area contributed by atoms with Crippen molar-refractivity contribution >= 4 is 6.08 Å². The highest BCUT2D eigenvalue weighted by Gasteiger charge is 2.47. The van der Waals surface area contributed by atoms with Crippen LogP contribution in [0.2, 0.25) is 0 Å². The third kappa shape index (κ3) is 7.33. The molecule has 0 aromatic heterocycles. The molecule has 10 atom stereocenters. The van der Waals surface area contributed by atoms with E-state index in [1.54, 1.807) is 38.1 Å². The molecule has 0 unspecified atom stereocenters. The molecule has 2 heterocycles. The smallest absolute Gasteiger partial charge is 0.229 e. The normalized spacial score (nSPS) is 33.0. The van der Waals surface area contributed by atoms with Crippen LogP contribution in [0.1, 0.15) is 25.0 Å². The Balaban J connectivity index is 1.43. The summed E-state index contributed by atoms with van der Waals surface area (Å²) in [6, 6.07) is 7.70. The Morgan fingerprint density at radius 1 is 0.767 bits per heavy atom. The Hall–Kier alpha value is -3.14. The van der Waals surface area contributed by atoms with Crippen molar-refractivity contribution in [2.75, 3.05) is 20.8 Å². The maximum absolute atomic E-state index is 10.8. The van der Waals surface area contributed by atoms with Gasteiger partial charge in [0.25, 0.3) is 0 Å². The summed E-state index contributed by atoms with van der Waals surface area (Å²) in [5.74, 6) is -0.0345. The Morgan fingerprint density at radius 3 is 2.16 bits per heavy atom. The van der Waals surface area contributed by atoms with Gasteiger partial charge in [0.2, 0.25) is 6.29 Å². The zero-order chi connectivity index (χ0) is 31.4. The molecule has 7 N–H and O–H groups in total. The van der Waals surface area contributed by atoms with Gasteiger partial charge < -0.3 is 64.2 Å². The van der Waals surface area contributed by atoms with Crippen molar-refractivity contribution in [1.82, 2.24) is 0 Å². The summed E-state index contributed by atoms with van der Waals surface area (Å²) in [6.45, 7) is 2.95. The number of phenols is 2. The topological polar surface area (TPSA) is 197 Å². The highest BCUT2D eigenvalue weighted by molar-refractivity contribution is 5.57. The van der Waals surface area contributed by atoms with Gasteiger partial charge in [-0.1, -0.05) is 25.1 Å². The van der Waals surface area contributed by atoms with Crippen LogP contribution in [0.15, 0.2) is 36.4 Å². The first kappa shape index (κ1) is 32.8. The Morgan fingerprint density at radius 2 is 1.49 bits per heavy atom. The average Bonchev–Trinajstić information content (AvgIpc) is 2.98. The van der Waals surface area contributed by atoms with Crippen LogP contribution < -0.4 is 14.2 Å². The second-order valence-electron chi connectivity index (χ2n) is 10.7. The highest BCUT2D eigenvalue weighted by Crippen LogP contribution is 2.36. The van der Waals surface area contributed by atoms with Crippen LogP contribution in [0, 0.1) is 5.92 Å². The lowest BCUT2D eigenvalue weighted by molar-refractivity contribution is -0.312. The van der Waals surface area contributed by atoms with Crippen molar-refractivity contribution in [1.29, 1.82) is 0 Å². The molecule has 0 spiro atoms. The van der Waals surface area contributed by atoms with E-state index in [1.807, 2.05) is 0 Å². The summed E-state index contributed by atoms with van der Waals surface area (Å²) in [6.07, 6.45) is -7.52. The van der Waals surface area contributed by atoms with Gasteiger partial charge in [-0.3, -0.25) is 0 Å². The predicted molar refractivity (Wildman–Crippen MR) is 151 cm³/mol. The van der Waals surface area contributed by atoms with Gasteiger partial charge >= 0.3 is 0 Å². The molecule has 2 aromatic carbocycles. The number of aliphatic hydroxyl groups excluding tert-OH is 5. The number of methoxy groups -OCH3 is 2. The minimum Gasteiger partial charge on any atom is -0.507 e. The number of hydrogen-bond acceptors (Lipinski definition) is 13. The van der Waals surface area contributed by atoms with Crippen LogP contribution in [0.5, 0.6) is 28.7 Å². The van der Waals surface area contributed by atoms with Gasteiger partial charge in [-0.05, 0) is 31.0 Å². The number of aromatic hydroxyl groups is 2. The number of rotatable bonds is 10. The molecule has 0 amide bonds. The molecule has 238 valence electrons. The molecule has 2 saturated heterocycles. The minimum absolute atomic E-state index is 0.00548. The summed E-state index contributed by atoms with van der Waals surface area (Å²) in [4.78, 5) is 0. The van der Waals surface area contributed by atoms with Crippen LogP contribution in [0.25, 0.3) is 6.08 Å². The van der Waals surface area contributed by atoms with Gasteiger partial charge in [0.15, 0.2) is 17.8 Å². The van der Waals surface area contributed by atoms with Crippen LogP contribution in [-0.4, -0.2) is 112 Å². The Kier molecular flexibility index (Phi) is 10.7. The van der Waals surface area contributed by atoms with E-state index in [0.29, 0.717) is 16.9 Å². The first-order valence-electron chi connectivity index (χ1n) is 13.9. The van der Waals surface area contributed by atoms with Crippen molar-refractivity contribution in [3.63, 3.8) is 0 Å². The fourth-order valence-electron chi connectivity index (χ4n) is 5.05. The summed E-state index contributed by atoms with van der Waals surface area (Å²) < 4.78 is 33.1. The van der Waals surface area contributed by atoms with E-state index in [1.165, 1.54) is 32.4 Å². The van der Waals surface area contributed by atoms with E-state index in [0.717, 1.165) is 0 Å². The lowest BCUT2D eigenvalue weighted by Crippen LogP contribution is -2.61. The van der Waals surface area contributed by atoms with Gasteiger partial charge in [0.05, 0.1) is 33.0 Å². The number of aliphatic hydroxyl groups is 5. The standard InChI is InChI=1S/C30H40O13/c1-14-24(33)15(2)41-29(25(14)34)40-13-23-26(35)27(36)28(37)30(43-23)42-17-11-19(31)18(22(12-17)39-4)7-5-6-16-8-9-21(38-3)20(32)10-16/h5-6,8-12,14-15,23-37H,7,13H2,1-4H3/b6-5+/t14-,15+,23-,24-,25-,26-,27+,28-,29-,30-/m1/s1. The fourth-order valence-corrected chi connectivity index (χ4v) is 5.05. The molecule has 2 aliphatic rings. The molecule has 2 aromatic rings. The quantitative estimate of drug-likeness (QED) is 0.199. The van der Waals surface area contributed by atoms with Crippen LogP contribution >= 0.6 is 0 Å². The lowest BCUT2D eigenvalue weighted by atomic mass is 9.91. The van der Waals surface area contributed by atoms with Crippen molar-refractivity contribution in [3.05, 3.63) is 47.5 Å². The minimum atomic E-state index is -1.67. The molecular weight excluding hydrogens is 568 g/mol. The van der Waals surface area contributed by atoms with Gasteiger partial charge in [-0.15, -0.1) is 0 Å². The molecule has 0 aliphatic carbocycles. The monoisotopic (exact) mass is 608 g/mol. The summed E-state index contributed by atoms with van der Waals surface area (Å²) in [5.41, 5.74) is 1.15. The number of phenolic OH excluding ortho intramolecular Hbond substituents is 2. The van der Waals surface area contributed by atoms with Crippen molar-refractivity contribution in [2.24, 2.45) is 5.92 Å². The van der Waals surface area contributed by atoms with Crippen molar-refractivity contribution < 1.29 is 64.2 Å². The van der Waals surface area contributed by atoms with Crippen LogP contribution in [0.3, 0.4) is 0 Å². The largest absolute Gasteiger partial charge is 0.507 e. The van der Waals surface area contributed by atoms with E-state index in [2.05, 4.69) is 0 Å². The van der Waals surface area contributed by atoms with Gasteiger partial charge in [-0.25, -0.2) is 0 Å². The fraction of sp³-hybridized carbons (Fsp3) is 0.533. The van der Waals surface area contributed by atoms with E-state index in [9.17, 15) is 35.7 Å². The third-order valence-corrected chi connectivity index (χ3v) is 7.75. The van der Waals surface area contributed by atoms with Gasteiger partial charge in [0, 0.05) is 23.6 Å². The van der Waals surface area contributed by atoms with Crippen LogP contribution in [-0.2, 0) is 20.6 Å². The molecule has 4 rings (SSSR count). The second-order valence-corrected chi connectivity index (χ2v) is 10.7. The molecule has 0 bridgehead atoms. The molecule has 43 heavy (non-hydrogen) atoms. The lowest BCUT2D eigenvalue weighted by Gasteiger charge is -2.42. The maximum Gasteiger partial charge on any atom is 0.229 e. The van der Waals surface area contributed by atoms with E-state index in [-0.39, 0.29) is 36.0 Å².